The number of para-hydroxylation sites is 1. The lowest BCUT2D eigenvalue weighted by Gasteiger charge is -2.18. The summed E-state index contributed by atoms with van der Waals surface area (Å²) in [6.07, 6.45) is 0. The molecule has 7 heteroatoms. The molecule has 0 spiro atoms. The number of carbonyl (C=O) groups is 1. The minimum absolute atomic E-state index is 0.171. The number of carbonyl (C=O) groups excluding carboxylic acids is 1. The maximum absolute atomic E-state index is 12.8. The van der Waals surface area contributed by atoms with Crippen LogP contribution in [0.4, 0.5) is 0 Å². The molecule has 0 bridgehead atoms. The van der Waals surface area contributed by atoms with E-state index in [4.69, 9.17) is 23.2 Å². The Morgan fingerprint density at radius 2 is 1.70 bits per heavy atom. The predicted octanol–water partition coefficient (Wildman–Crippen LogP) is 4.12. The van der Waals surface area contributed by atoms with Crippen molar-refractivity contribution >= 4 is 29.1 Å². The third-order valence-corrected chi connectivity index (χ3v) is 4.79. The molecule has 0 atom stereocenters. The summed E-state index contributed by atoms with van der Waals surface area (Å²) in [4.78, 5) is 26.6. The van der Waals surface area contributed by atoms with Crippen LogP contribution in [0.5, 0.6) is 0 Å². The van der Waals surface area contributed by atoms with Crippen molar-refractivity contribution in [3.8, 4) is 5.69 Å². The normalized spacial score (nSPS) is 10.7. The highest BCUT2D eigenvalue weighted by atomic mass is 35.5. The van der Waals surface area contributed by atoms with Crippen molar-refractivity contribution in [3.05, 3.63) is 91.8 Å². The van der Waals surface area contributed by atoms with E-state index in [0.717, 1.165) is 5.56 Å². The number of rotatable bonds is 4. The quantitative estimate of drug-likeness (QED) is 0.660. The number of hydrogen-bond donors (Lipinski definition) is 0. The van der Waals surface area contributed by atoms with Crippen LogP contribution in [0, 0.1) is 6.92 Å². The van der Waals surface area contributed by atoms with Crippen LogP contribution in [-0.2, 0) is 6.54 Å². The van der Waals surface area contributed by atoms with Gasteiger partial charge in [0.25, 0.3) is 5.91 Å². The molecule has 0 saturated heterocycles. The number of nitrogens with zero attached hydrogens (tertiary/aromatic N) is 3. The summed E-state index contributed by atoms with van der Waals surface area (Å²) in [5, 5.41) is 5.31. The summed E-state index contributed by atoms with van der Waals surface area (Å²) in [6.45, 7) is 2.00. The highest BCUT2D eigenvalue weighted by molar-refractivity contribution is 6.32. The fourth-order valence-corrected chi connectivity index (χ4v) is 3.11. The van der Waals surface area contributed by atoms with Crippen molar-refractivity contribution in [2.24, 2.45) is 0 Å². The minimum Gasteiger partial charge on any atom is -0.336 e. The lowest BCUT2D eigenvalue weighted by Crippen LogP contribution is -2.33. The third-order valence-electron chi connectivity index (χ3n) is 4.10. The third kappa shape index (κ3) is 4.04. The average Bonchev–Trinajstić information content (AvgIpc) is 2.64. The number of aryl methyl sites for hydroxylation is 1. The maximum atomic E-state index is 12.8. The van der Waals surface area contributed by atoms with Crippen molar-refractivity contribution in [2.75, 3.05) is 7.05 Å². The van der Waals surface area contributed by atoms with E-state index < -0.39 is 11.3 Å². The van der Waals surface area contributed by atoms with Crippen molar-refractivity contribution in [3.63, 3.8) is 0 Å². The van der Waals surface area contributed by atoms with E-state index in [-0.39, 0.29) is 12.2 Å². The SMILES string of the molecule is Cc1cc(=O)c(C(=O)N(C)Cc2ccccc2Cl)nn1-c1ccccc1Cl. The highest BCUT2D eigenvalue weighted by Crippen LogP contribution is 2.20. The Morgan fingerprint density at radius 1 is 1.07 bits per heavy atom. The number of amides is 1. The van der Waals surface area contributed by atoms with Crippen LogP contribution < -0.4 is 5.43 Å². The fourth-order valence-electron chi connectivity index (χ4n) is 2.70. The molecule has 5 nitrogen and oxygen atoms in total. The van der Waals surface area contributed by atoms with Gasteiger partial charge in [0.15, 0.2) is 5.69 Å². The molecule has 0 fully saturated rings. The van der Waals surface area contributed by atoms with E-state index in [9.17, 15) is 9.59 Å². The molecular weight excluding hydrogens is 385 g/mol. The topological polar surface area (TPSA) is 55.2 Å². The van der Waals surface area contributed by atoms with Gasteiger partial charge in [-0.05, 0) is 30.7 Å². The average molecular weight is 402 g/mol. The van der Waals surface area contributed by atoms with Gasteiger partial charge in [-0.15, -0.1) is 0 Å². The van der Waals surface area contributed by atoms with Crippen LogP contribution >= 0.6 is 23.2 Å². The number of halogens is 2. The van der Waals surface area contributed by atoms with Gasteiger partial charge in [0.2, 0.25) is 5.43 Å². The first-order valence-electron chi connectivity index (χ1n) is 8.23. The summed E-state index contributed by atoms with van der Waals surface area (Å²) in [5.41, 5.74) is 1.35. The molecule has 0 aliphatic carbocycles. The molecule has 0 aliphatic heterocycles. The van der Waals surface area contributed by atoms with Crippen LogP contribution in [0.1, 0.15) is 21.7 Å². The molecule has 1 heterocycles. The summed E-state index contributed by atoms with van der Waals surface area (Å²) in [5.74, 6) is -0.485. The van der Waals surface area contributed by atoms with Gasteiger partial charge in [-0.3, -0.25) is 9.59 Å². The summed E-state index contributed by atoms with van der Waals surface area (Å²) >= 11 is 12.4. The van der Waals surface area contributed by atoms with Crippen molar-refractivity contribution in [1.82, 2.24) is 14.7 Å². The predicted molar refractivity (Wildman–Crippen MR) is 107 cm³/mol. The molecule has 0 aliphatic rings. The van der Waals surface area contributed by atoms with Gasteiger partial charge in [-0.25, -0.2) is 4.68 Å². The van der Waals surface area contributed by atoms with E-state index in [1.165, 1.54) is 15.6 Å². The Hall–Kier alpha value is -2.63. The van der Waals surface area contributed by atoms with E-state index in [2.05, 4.69) is 5.10 Å². The van der Waals surface area contributed by atoms with Gasteiger partial charge in [-0.2, -0.15) is 5.10 Å². The summed E-state index contributed by atoms with van der Waals surface area (Å²) < 4.78 is 1.50. The van der Waals surface area contributed by atoms with E-state index in [1.807, 2.05) is 24.3 Å². The van der Waals surface area contributed by atoms with Gasteiger partial charge < -0.3 is 4.90 Å². The molecule has 2 aromatic carbocycles. The first-order chi connectivity index (χ1) is 12.9. The first-order valence-corrected chi connectivity index (χ1v) is 8.99. The standard InChI is InChI=1S/C20H17Cl2N3O2/c1-13-11-18(26)19(23-25(13)17-10-6-5-9-16(17)22)20(27)24(2)12-14-7-3-4-8-15(14)21/h3-11H,12H2,1-2H3. The second-order valence-electron chi connectivity index (χ2n) is 6.11. The zero-order valence-electron chi connectivity index (χ0n) is 14.8. The Balaban J connectivity index is 1.98. The molecular formula is C20H17Cl2N3O2. The van der Waals surface area contributed by atoms with Gasteiger partial charge in [0.1, 0.15) is 0 Å². The molecule has 1 amide bonds. The zero-order chi connectivity index (χ0) is 19.6. The smallest absolute Gasteiger partial charge is 0.278 e. The van der Waals surface area contributed by atoms with Crippen LogP contribution in [0.2, 0.25) is 10.0 Å². The fraction of sp³-hybridized carbons (Fsp3) is 0.150. The molecule has 0 saturated carbocycles. The van der Waals surface area contributed by atoms with E-state index in [1.54, 1.807) is 38.2 Å². The highest BCUT2D eigenvalue weighted by Gasteiger charge is 2.20. The van der Waals surface area contributed by atoms with Crippen LogP contribution in [0.3, 0.4) is 0 Å². The van der Waals surface area contributed by atoms with E-state index >= 15 is 0 Å². The molecule has 0 N–H and O–H groups in total. The molecule has 3 aromatic rings. The van der Waals surface area contributed by atoms with Gasteiger partial charge in [-0.1, -0.05) is 53.5 Å². The van der Waals surface area contributed by atoms with Crippen LogP contribution in [-0.4, -0.2) is 27.6 Å². The lowest BCUT2D eigenvalue weighted by atomic mass is 10.2. The summed E-state index contributed by atoms with van der Waals surface area (Å²) in [7, 11) is 1.60. The van der Waals surface area contributed by atoms with Gasteiger partial charge in [0.05, 0.1) is 10.7 Å². The van der Waals surface area contributed by atoms with Crippen molar-refractivity contribution in [1.29, 1.82) is 0 Å². The van der Waals surface area contributed by atoms with Gasteiger partial charge in [0, 0.05) is 30.4 Å². The second kappa shape index (κ2) is 7.94. The lowest BCUT2D eigenvalue weighted by molar-refractivity contribution is 0.0776. The Labute approximate surface area is 166 Å². The molecule has 0 radical (unpaired) electrons. The Morgan fingerprint density at radius 3 is 2.37 bits per heavy atom. The Kier molecular flexibility index (Phi) is 5.63. The molecule has 0 unspecified atom stereocenters. The van der Waals surface area contributed by atoms with Crippen LogP contribution in [0.25, 0.3) is 5.69 Å². The maximum Gasteiger partial charge on any atom is 0.278 e. The molecule has 1 aromatic heterocycles. The molecule has 138 valence electrons. The summed E-state index contributed by atoms with van der Waals surface area (Å²) in [6, 6.07) is 15.7. The number of aromatic nitrogens is 2. The minimum atomic E-state index is -0.485. The molecule has 27 heavy (non-hydrogen) atoms. The van der Waals surface area contributed by atoms with Crippen LogP contribution in [0.15, 0.2) is 59.4 Å². The Bertz CT molecular complexity index is 1060. The van der Waals surface area contributed by atoms with Crippen molar-refractivity contribution < 1.29 is 4.79 Å². The second-order valence-corrected chi connectivity index (χ2v) is 6.93. The molecule has 3 rings (SSSR count). The number of hydrogen-bond acceptors (Lipinski definition) is 3. The van der Waals surface area contributed by atoms with Gasteiger partial charge >= 0.3 is 0 Å². The van der Waals surface area contributed by atoms with Crippen molar-refractivity contribution in [2.45, 2.75) is 13.5 Å². The number of benzene rings is 2. The largest absolute Gasteiger partial charge is 0.336 e. The first kappa shape index (κ1) is 19.1. The monoisotopic (exact) mass is 401 g/mol. The zero-order valence-corrected chi connectivity index (χ0v) is 16.3. The van der Waals surface area contributed by atoms with E-state index in [0.29, 0.717) is 21.4 Å².